The zero-order chi connectivity index (χ0) is 23.3. The summed E-state index contributed by atoms with van der Waals surface area (Å²) in [6.45, 7) is 2.51. The largest absolute Gasteiger partial charge is 0.503 e. The number of hydrogen-bond donors (Lipinski definition) is 2. The first-order valence-corrected chi connectivity index (χ1v) is 10.7. The lowest BCUT2D eigenvalue weighted by Gasteiger charge is -2.33. The van der Waals surface area contributed by atoms with Crippen LogP contribution in [0, 0.1) is 5.82 Å². The summed E-state index contributed by atoms with van der Waals surface area (Å²) in [6.07, 6.45) is 0.579. The summed E-state index contributed by atoms with van der Waals surface area (Å²) in [7, 11) is 3.66. The van der Waals surface area contributed by atoms with Gasteiger partial charge in [0.15, 0.2) is 11.4 Å². The Kier molecular flexibility index (Phi) is 5.72. The standard InChI is InChI=1S/C22H24ClFN4O4/c1-4-27-10-12-8-14(26(2)3)17-15(19(29)20(30)18(22(27)32)28(12)17)21(31)25-9-11-6-5-7-13(23)16(11)24/h5-7,12,14,30H,4,8-10H2,1-3H3,(H,25,31)/t12-,14+/m0/s1. The van der Waals surface area contributed by atoms with Gasteiger partial charge in [0.25, 0.3) is 11.8 Å². The number of rotatable bonds is 5. The fraction of sp³-hybridized carbons (Fsp3) is 0.409. The van der Waals surface area contributed by atoms with Crippen LogP contribution in [0.15, 0.2) is 23.0 Å². The maximum Gasteiger partial charge on any atom is 0.274 e. The Hall–Kier alpha value is -2.91. The fourth-order valence-corrected chi connectivity index (χ4v) is 4.82. The number of aromatic hydroxyl groups is 1. The molecule has 2 aliphatic heterocycles. The van der Waals surface area contributed by atoms with Crippen molar-refractivity contribution in [2.75, 3.05) is 27.2 Å². The SMILES string of the molecule is CCN1C[C@@H]2C[C@@H](N(C)C)c3c(C(=O)NCc4cccc(Cl)c4F)c(=O)c(O)c(n32)C1=O. The number of aromatic nitrogens is 1. The van der Waals surface area contributed by atoms with E-state index in [2.05, 4.69) is 5.32 Å². The highest BCUT2D eigenvalue weighted by Crippen LogP contribution is 2.43. The first-order valence-electron chi connectivity index (χ1n) is 10.3. The number of benzene rings is 1. The minimum Gasteiger partial charge on any atom is -0.503 e. The van der Waals surface area contributed by atoms with Gasteiger partial charge in [0.05, 0.1) is 22.8 Å². The second-order valence-corrected chi connectivity index (χ2v) is 8.67. The van der Waals surface area contributed by atoms with E-state index in [-0.39, 0.29) is 40.5 Å². The van der Waals surface area contributed by atoms with Crippen molar-refractivity contribution >= 4 is 23.4 Å². The third-order valence-electron chi connectivity index (χ3n) is 6.22. The van der Waals surface area contributed by atoms with Gasteiger partial charge in [-0.15, -0.1) is 0 Å². The molecular weight excluding hydrogens is 439 g/mol. The third-order valence-corrected chi connectivity index (χ3v) is 6.52. The van der Waals surface area contributed by atoms with Gasteiger partial charge in [0.1, 0.15) is 11.4 Å². The lowest BCUT2D eigenvalue weighted by atomic mass is 10.0. The molecule has 0 saturated heterocycles. The molecule has 8 nitrogen and oxygen atoms in total. The number of halogens is 2. The predicted octanol–water partition coefficient (Wildman–Crippen LogP) is 2.30. The molecular formula is C22H24ClFN4O4. The number of hydrogen-bond acceptors (Lipinski definition) is 5. The summed E-state index contributed by atoms with van der Waals surface area (Å²) >= 11 is 5.80. The molecule has 32 heavy (non-hydrogen) atoms. The van der Waals surface area contributed by atoms with Crippen LogP contribution in [0.1, 0.15) is 57.5 Å². The lowest BCUT2D eigenvalue weighted by Crippen LogP contribution is -2.44. The van der Waals surface area contributed by atoms with E-state index in [1.807, 2.05) is 25.9 Å². The van der Waals surface area contributed by atoms with Crippen molar-refractivity contribution in [1.82, 2.24) is 19.7 Å². The van der Waals surface area contributed by atoms with E-state index >= 15 is 0 Å². The molecule has 0 radical (unpaired) electrons. The second kappa shape index (κ2) is 8.22. The van der Waals surface area contributed by atoms with Gasteiger partial charge in [-0.1, -0.05) is 23.7 Å². The fourth-order valence-electron chi connectivity index (χ4n) is 4.62. The van der Waals surface area contributed by atoms with Crippen molar-refractivity contribution in [3.05, 3.63) is 61.8 Å². The van der Waals surface area contributed by atoms with E-state index in [4.69, 9.17) is 11.6 Å². The Labute approximate surface area is 189 Å². The third kappa shape index (κ3) is 3.36. The molecule has 0 unspecified atom stereocenters. The van der Waals surface area contributed by atoms with Crippen molar-refractivity contribution in [3.8, 4) is 5.75 Å². The molecule has 3 heterocycles. The maximum absolute atomic E-state index is 14.2. The van der Waals surface area contributed by atoms with Crippen LogP contribution in [0.4, 0.5) is 4.39 Å². The smallest absolute Gasteiger partial charge is 0.274 e. The van der Waals surface area contributed by atoms with Crippen LogP contribution < -0.4 is 10.7 Å². The predicted molar refractivity (Wildman–Crippen MR) is 117 cm³/mol. The van der Waals surface area contributed by atoms with Crippen LogP contribution in [-0.4, -0.2) is 58.5 Å². The summed E-state index contributed by atoms with van der Waals surface area (Å²) in [5.74, 6) is -2.57. The van der Waals surface area contributed by atoms with Gasteiger partial charge in [0.2, 0.25) is 5.43 Å². The molecule has 4 rings (SSSR count). The molecule has 170 valence electrons. The molecule has 0 aliphatic carbocycles. The normalized spacial score (nSPS) is 19.4. The molecule has 1 aromatic heterocycles. The molecule has 2 aromatic rings. The van der Waals surface area contributed by atoms with Gasteiger partial charge >= 0.3 is 0 Å². The summed E-state index contributed by atoms with van der Waals surface area (Å²) in [6, 6.07) is 3.96. The van der Waals surface area contributed by atoms with E-state index in [0.717, 1.165) is 0 Å². The average molecular weight is 463 g/mol. The summed E-state index contributed by atoms with van der Waals surface area (Å²) in [5, 5.41) is 13.2. The summed E-state index contributed by atoms with van der Waals surface area (Å²) in [5.41, 5.74) is -0.655. The number of amides is 2. The number of nitrogens with one attached hydrogen (secondary N) is 1. The Morgan fingerprint density at radius 2 is 2.06 bits per heavy atom. The highest BCUT2D eigenvalue weighted by atomic mass is 35.5. The van der Waals surface area contributed by atoms with Crippen LogP contribution in [0.25, 0.3) is 0 Å². The molecule has 0 spiro atoms. The Balaban J connectivity index is 1.81. The highest BCUT2D eigenvalue weighted by molar-refractivity contribution is 6.30. The first-order chi connectivity index (χ1) is 15.2. The topological polar surface area (TPSA) is 94.9 Å². The van der Waals surface area contributed by atoms with Crippen LogP contribution in [0.3, 0.4) is 0 Å². The van der Waals surface area contributed by atoms with Gasteiger partial charge in [0, 0.05) is 25.2 Å². The van der Waals surface area contributed by atoms with Gasteiger partial charge in [-0.2, -0.15) is 0 Å². The molecule has 10 heteroatoms. The molecule has 0 bridgehead atoms. The molecule has 2 aliphatic rings. The van der Waals surface area contributed by atoms with Crippen molar-refractivity contribution in [2.24, 2.45) is 0 Å². The lowest BCUT2D eigenvalue weighted by molar-refractivity contribution is 0.0673. The molecule has 0 saturated carbocycles. The van der Waals surface area contributed by atoms with Crippen LogP contribution in [0.2, 0.25) is 5.02 Å². The molecule has 2 atom stereocenters. The molecule has 2 N–H and O–H groups in total. The molecule has 1 aromatic carbocycles. The Bertz CT molecular complexity index is 1180. The van der Waals surface area contributed by atoms with Crippen molar-refractivity contribution in [3.63, 3.8) is 0 Å². The Morgan fingerprint density at radius 3 is 2.72 bits per heavy atom. The van der Waals surface area contributed by atoms with Gasteiger partial charge < -0.3 is 24.8 Å². The van der Waals surface area contributed by atoms with Crippen molar-refractivity contribution < 1.29 is 19.1 Å². The monoisotopic (exact) mass is 462 g/mol. The van der Waals surface area contributed by atoms with Gasteiger partial charge in [-0.3, -0.25) is 14.4 Å². The van der Waals surface area contributed by atoms with Crippen molar-refractivity contribution in [1.29, 1.82) is 0 Å². The number of likely N-dealkylation sites (N-methyl/N-ethyl adjacent to an activating group) is 1. The van der Waals surface area contributed by atoms with Crippen LogP contribution >= 0.6 is 11.6 Å². The maximum atomic E-state index is 14.2. The minimum absolute atomic E-state index is 0.0728. The quantitative estimate of drug-likeness (QED) is 0.711. The van der Waals surface area contributed by atoms with Crippen LogP contribution in [0.5, 0.6) is 5.75 Å². The Morgan fingerprint density at radius 1 is 1.34 bits per heavy atom. The summed E-state index contributed by atoms with van der Waals surface area (Å²) < 4.78 is 15.9. The van der Waals surface area contributed by atoms with E-state index in [9.17, 15) is 23.9 Å². The molecule has 0 fully saturated rings. The van der Waals surface area contributed by atoms with E-state index in [1.165, 1.54) is 12.1 Å². The molecule has 2 amide bonds. The number of carbonyl (C=O) groups is 2. The number of carbonyl (C=O) groups excluding carboxylic acids is 2. The van der Waals surface area contributed by atoms with Crippen molar-refractivity contribution in [2.45, 2.75) is 32.0 Å². The highest BCUT2D eigenvalue weighted by Gasteiger charge is 2.45. The van der Waals surface area contributed by atoms with Gasteiger partial charge in [-0.05, 0) is 33.5 Å². The second-order valence-electron chi connectivity index (χ2n) is 8.26. The average Bonchev–Trinajstić information content (AvgIpc) is 3.13. The number of nitrogens with zero attached hydrogens (tertiary/aromatic N) is 3. The minimum atomic E-state index is -0.908. The zero-order valence-electron chi connectivity index (χ0n) is 18.0. The summed E-state index contributed by atoms with van der Waals surface area (Å²) in [4.78, 5) is 42.6. The first kappa shape index (κ1) is 22.3. The van der Waals surface area contributed by atoms with Crippen LogP contribution in [-0.2, 0) is 6.54 Å². The van der Waals surface area contributed by atoms with E-state index in [1.54, 1.807) is 15.5 Å². The number of pyridine rings is 1. The van der Waals surface area contributed by atoms with Gasteiger partial charge in [-0.25, -0.2) is 4.39 Å². The van der Waals surface area contributed by atoms with E-state index in [0.29, 0.717) is 25.2 Å². The van der Waals surface area contributed by atoms with E-state index < -0.39 is 28.8 Å². The zero-order valence-corrected chi connectivity index (χ0v) is 18.7.